The lowest BCUT2D eigenvalue weighted by Gasteiger charge is -2.37. The molecular weight excluding hydrogens is 414 g/mol. The van der Waals surface area contributed by atoms with E-state index in [1.807, 2.05) is 41.9 Å². The lowest BCUT2D eigenvalue weighted by molar-refractivity contribution is -0.144. The summed E-state index contributed by atoms with van der Waals surface area (Å²) in [6.45, 7) is 7.81. The first-order chi connectivity index (χ1) is 15.7. The zero-order chi connectivity index (χ0) is 23.8. The van der Waals surface area contributed by atoms with Crippen molar-refractivity contribution >= 4 is 11.9 Å². The molecule has 4 rings (SSSR count). The van der Waals surface area contributed by atoms with E-state index in [1.165, 1.54) is 12.5 Å². The minimum atomic E-state index is -1.55. The fourth-order valence-corrected chi connectivity index (χ4v) is 4.85. The van der Waals surface area contributed by atoms with Crippen LogP contribution in [0.25, 0.3) is 0 Å². The van der Waals surface area contributed by atoms with Crippen LogP contribution in [0.2, 0.25) is 0 Å². The van der Waals surface area contributed by atoms with Crippen molar-refractivity contribution in [3.05, 3.63) is 88.7 Å². The van der Waals surface area contributed by atoms with Gasteiger partial charge in [0, 0.05) is 0 Å². The summed E-state index contributed by atoms with van der Waals surface area (Å²) >= 11 is 0. The van der Waals surface area contributed by atoms with Gasteiger partial charge in [-0.1, -0.05) is 61.5 Å². The molecule has 0 fully saturated rings. The maximum atomic E-state index is 13.4. The molecule has 2 aromatic carbocycles. The molecule has 1 aliphatic heterocycles. The molecule has 0 bridgehead atoms. The zero-order valence-electron chi connectivity index (χ0n) is 19.6. The second-order valence-electron chi connectivity index (χ2n) is 9.68. The summed E-state index contributed by atoms with van der Waals surface area (Å²) in [4.78, 5) is 25.7. The highest BCUT2D eigenvalue weighted by atomic mass is 16.4. The number of fused-ring (bicyclic) bond motifs is 1. The topological polar surface area (TPSA) is 84.2 Å². The summed E-state index contributed by atoms with van der Waals surface area (Å²) < 4.78 is 1.93. The summed E-state index contributed by atoms with van der Waals surface area (Å²) in [7, 11) is 0. The monoisotopic (exact) mass is 445 g/mol. The van der Waals surface area contributed by atoms with Crippen LogP contribution in [-0.2, 0) is 28.7 Å². The Labute approximate surface area is 194 Å². The van der Waals surface area contributed by atoms with Gasteiger partial charge in [0.2, 0.25) is 0 Å². The Morgan fingerprint density at radius 2 is 1.82 bits per heavy atom. The molecule has 33 heavy (non-hydrogen) atoms. The van der Waals surface area contributed by atoms with Gasteiger partial charge in [-0.15, -0.1) is 0 Å². The molecule has 1 unspecified atom stereocenters. The lowest BCUT2D eigenvalue weighted by Crippen LogP contribution is -2.50. The molecule has 2 N–H and O–H groups in total. The number of aromatic nitrogens is 2. The van der Waals surface area contributed by atoms with E-state index in [2.05, 4.69) is 36.4 Å². The van der Waals surface area contributed by atoms with Crippen molar-refractivity contribution in [2.24, 2.45) is 0 Å². The van der Waals surface area contributed by atoms with Crippen LogP contribution in [0, 0.1) is 0 Å². The Hall–Kier alpha value is -3.41. The summed E-state index contributed by atoms with van der Waals surface area (Å²) in [5.41, 5.74) is 2.32. The Morgan fingerprint density at radius 3 is 2.42 bits per heavy atom. The SMILES string of the molecule is CCc1ccc(C(C)(NC(=O)c2cnn3c2C[C@H](c2ccccc2)CC3(C)C)C(=O)O)cc1. The number of carbonyl (C=O) groups is 2. The van der Waals surface area contributed by atoms with Crippen LogP contribution in [0.4, 0.5) is 0 Å². The maximum absolute atomic E-state index is 13.4. The van der Waals surface area contributed by atoms with E-state index in [1.54, 1.807) is 18.3 Å². The van der Waals surface area contributed by atoms with E-state index in [0.717, 1.165) is 24.1 Å². The second kappa shape index (κ2) is 8.50. The number of carbonyl (C=O) groups excluding carboxylic acids is 1. The molecule has 1 amide bonds. The first kappa shape index (κ1) is 22.8. The number of rotatable bonds is 6. The van der Waals surface area contributed by atoms with Crippen LogP contribution in [0.15, 0.2) is 60.8 Å². The molecular formula is C27H31N3O3. The zero-order valence-corrected chi connectivity index (χ0v) is 19.6. The normalized spacial score (nSPS) is 18.7. The fraction of sp³-hybridized carbons (Fsp3) is 0.370. The second-order valence-corrected chi connectivity index (χ2v) is 9.68. The molecule has 1 aromatic heterocycles. The predicted molar refractivity (Wildman–Crippen MR) is 127 cm³/mol. The first-order valence-corrected chi connectivity index (χ1v) is 11.4. The Morgan fingerprint density at radius 1 is 1.15 bits per heavy atom. The number of aliphatic carboxylic acids is 1. The number of nitrogens with zero attached hydrogens (tertiary/aromatic N) is 2. The van der Waals surface area contributed by atoms with Crippen molar-refractivity contribution in [3.8, 4) is 0 Å². The smallest absolute Gasteiger partial charge is 0.333 e. The van der Waals surface area contributed by atoms with Gasteiger partial charge in [0.1, 0.15) is 0 Å². The number of hydrogen-bond acceptors (Lipinski definition) is 3. The van der Waals surface area contributed by atoms with E-state index in [-0.39, 0.29) is 11.5 Å². The summed E-state index contributed by atoms with van der Waals surface area (Å²) in [5, 5.41) is 17.4. The largest absolute Gasteiger partial charge is 0.479 e. The molecule has 172 valence electrons. The highest BCUT2D eigenvalue weighted by molar-refractivity contribution is 5.99. The van der Waals surface area contributed by atoms with Crippen molar-refractivity contribution in [1.82, 2.24) is 15.1 Å². The molecule has 0 saturated carbocycles. The van der Waals surface area contributed by atoms with Crippen molar-refractivity contribution in [1.29, 1.82) is 0 Å². The molecule has 6 nitrogen and oxygen atoms in total. The van der Waals surface area contributed by atoms with Crippen LogP contribution in [0.3, 0.4) is 0 Å². The minimum Gasteiger partial charge on any atom is -0.479 e. The van der Waals surface area contributed by atoms with Crippen LogP contribution in [0.1, 0.15) is 72.8 Å². The lowest BCUT2D eigenvalue weighted by atomic mass is 9.79. The molecule has 1 aliphatic rings. The molecule has 0 saturated heterocycles. The van der Waals surface area contributed by atoms with Crippen LogP contribution < -0.4 is 5.32 Å². The van der Waals surface area contributed by atoms with Gasteiger partial charge in [-0.3, -0.25) is 9.48 Å². The Balaban J connectivity index is 1.67. The van der Waals surface area contributed by atoms with Gasteiger partial charge in [-0.05, 0) is 62.6 Å². The third kappa shape index (κ3) is 4.17. The van der Waals surface area contributed by atoms with Crippen LogP contribution in [0.5, 0.6) is 0 Å². The number of amides is 1. The number of carboxylic acid groups (broad SMARTS) is 1. The van der Waals surface area contributed by atoms with Crippen molar-refractivity contribution in [2.45, 2.75) is 64.0 Å². The average molecular weight is 446 g/mol. The number of hydrogen-bond donors (Lipinski definition) is 2. The molecule has 6 heteroatoms. The molecule has 0 radical (unpaired) electrons. The van der Waals surface area contributed by atoms with Gasteiger partial charge in [-0.25, -0.2) is 4.79 Å². The van der Waals surface area contributed by atoms with E-state index in [9.17, 15) is 14.7 Å². The molecule has 2 atom stereocenters. The van der Waals surface area contributed by atoms with Gasteiger partial charge in [-0.2, -0.15) is 5.10 Å². The van der Waals surface area contributed by atoms with Gasteiger partial charge in [0.25, 0.3) is 5.91 Å². The predicted octanol–water partition coefficient (Wildman–Crippen LogP) is 4.64. The third-order valence-electron chi connectivity index (χ3n) is 6.87. The van der Waals surface area contributed by atoms with E-state index >= 15 is 0 Å². The summed E-state index contributed by atoms with van der Waals surface area (Å²) in [5.74, 6) is -1.28. The summed E-state index contributed by atoms with van der Waals surface area (Å²) in [6.07, 6.45) is 4.01. The fourth-order valence-electron chi connectivity index (χ4n) is 4.85. The van der Waals surface area contributed by atoms with E-state index in [4.69, 9.17) is 0 Å². The molecule has 3 aromatic rings. The highest BCUT2D eigenvalue weighted by Gasteiger charge is 2.40. The minimum absolute atomic E-state index is 0.254. The molecule has 0 spiro atoms. The van der Waals surface area contributed by atoms with Gasteiger partial charge in [0.15, 0.2) is 5.54 Å². The number of aryl methyl sites for hydroxylation is 1. The van der Waals surface area contributed by atoms with Crippen molar-refractivity contribution in [3.63, 3.8) is 0 Å². The van der Waals surface area contributed by atoms with Crippen LogP contribution >= 0.6 is 0 Å². The molecule has 0 aliphatic carbocycles. The standard InChI is InChI=1S/C27H31N3O3/c1-5-18-11-13-21(14-12-18)27(4,25(32)33)29-24(31)22-17-28-30-23(22)15-20(16-26(30,2)3)19-9-7-6-8-10-19/h6-14,17,20H,5,15-16H2,1-4H3,(H,29,31)(H,32,33)/t20-,27?/m0/s1. The Kier molecular flexibility index (Phi) is 5.87. The quantitative estimate of drug-likeness (QED) is 0.579. The molecule has 2 heterocycles. The average Bonchev–Trinajstić information content (AvgIpc) is 3.24. The Bertz CT molecular complexity index is 1170. The maximum Gasteiger partial charge on any atom is 0.333 e. The van der Waals surface area contributed by atoms with E-state index < -0.39 is 17.4 Å². The van der Waals surface area contributed by atoms with Crippen molar-refractivity contribution < 1.29 is 14.7 Å². The van der Waals surface area contributed by atoms with Crippen LogP contribution in [-0.4, -0.2) is 26.8 Å². The van der Waals surface area contributed by atoms with Gasteiger partial charge < -0.3 is 10.4 Å². The van der Waals surface area contributed by atoms with Gasteiger partial charge >= 0.3 is 5.97 Å². The van der Waals surface area contributed by atoms with Gasteiger partial charge in [0.05, 0.1) is 23.0 Å². The third-order valence-corrected chi connectivity index (χ3v) is 6.87. The number of nitrogens with one attached hydrogen (secondary N) is 1. The number of carboxylic acids is 1. The first-order valence-electron chi connectivity index (χ1n) is 11.4. The summed E-state index contributed by atoms with van der Waals surface area (Å²) in [6, 6.07) is 17.6. The van der Waals surface area contributed by atoms with Crippen molar-refractivity contribution in [2.75, 3.05) is 0 Å². The number of benzene rings is 2. The van der Waals surface area contributed by atoms with E-state index in [0.29, 0.717) is 17.5 Å². The highest BCUT2D eigenvalue weighted by Crippen LogP contribution is 2.40.